The topological polar surface area (TPSA) is 41.5 Å². The highest BCUT2D eigenvalue weighted by molar-refractivity contribution is 5.94. The molecule has 1 amide bonds. The summed E-state index contributed by atoms with van der Waals surface area (Å²) in [5.74, 6) is -0.164. The zero-order valence-electron chi connectivity index (χ0n) is 9.16. The average Bonchev–Trinajstić information content (AvgIpc) is 2.25. The molecule has 3 heteroatoms. The standard InChI is InChI=1S/C12H16N2O/c1-3-4-9-13-14-12(15)11-7-5-10(2)6-8-11/h5-9H,3-4H2,1-2H3,(H,14,15)/b13-9-. The number of carbonyl (C=O) groups is 1. The summed E-state index contributed by atoms with van der Waals surface area (Å²) in [5, 5.41) is 3.84. The molecule has 1 aromatic carbocycles. The molecule has 1 rings (SSSR count). The average molecular weight is 204 g/mol. The highest BCUT2D eigenvalue weighted by Crippen LogP contribution is 2.02. The third-order valence-corrected chi connectivity index (χ3v) is 1.99. The molecule has 0 aliphatic carbocycles. The summed E-state index contributed by atoms with van der Waals surface area (Å²) in [7, 11) is 0. The molecule has 0 atom stereocenters. The fraction of sp³-hybridized carbons (Fsp3) is 0.333. The van der Waals surface area contributed by atoms with Crippen molar-refractivity contribution in [3.63, 3.8) is 0 Å². The normalized spacial score (nSPS) is 10.5. The second-order valence-electron chi connectivity index (χ2n) is 3.41. The summed E-state index contributed by atoms with van der Waals surface area (Å²) in [6, 6.07) is 7.40. The van der Waals surface area contributed by atoms with Crippen molar-refractivity contribution >= 4 is 12.1 Å². The number of carbonyl (C=O) groups excluding carboxylic acids is 1. The first-order valence-corrected chi connectivity index (χ1v) is 5.12. The number of rotatable bonds is 4. The lowest BCUT2D eigenvalue weighted by molar-refractivity contribution is 0.0955. The smallest absolute Gasteiger partial charge is 0.267 e. The van der Waals surface area contributed by atoms with Gasteiger partial charge < -0.3 is 0 Å². The lowest BCUT2D eigenvalue weighted by Crippen LogP contribution is -2.17. The van der Waals surface area contributed by atoms with Crippen LogP contribution < -0.4 is 5.43 Å². The summed E-state index contributed by atoms with van der Waals surface area (Å²) in [4.78, 5) is 11.5. The molecule has 0 aromatic heterocycles. The molecular weight excluding hydrogens is 188 g/mol. The Morgan fingerprint density at radius 1 is 1.40 bits per heavy atom. The van der Waals surface area contributed by atoms with Gasteiger partial charge in [0.15, 0.2) is 0 Å². The van der Waals surface area contributed by atoms with E-state index in [4.69, 9.17) is 0 Å². The van der Waals surface area contributed by atoms with Crippen LogP contribution in [0.15, 0.2) is 29.4 Å². The molecule has 0 radical (unpaired) electrons. The molecule has 0 spiro atoms. The third-order valence-electron chi connectivity index (χ3n) is 1.99. The number of nitrogens with zero attached hydrogens (tertiary/aromatic N) is 1. The number of amides is 1. The van der Waals surface area contributed by atoms with Gasteiger partial charge in [0.2, 0.25) is 0 Å². The molecule has 0 saturated carbocycles. The highest BCUT2D eigenvalue weighted by atomic mass is 16.2. The van der Waals surface area contributed by atoms with Gasteiger partial charge in [-0.05, 0) is 25.5 Å². The van der Waals surface area contributed by atoms with Crippen molar-refractivity contribution < 1.29 is 4.79 Å². The van der Waals surface area contributed by atoms with Gasteiger partial charge in [-0.15, -0.1) is 0 Å². The molecule has 0 aliphatic heterocycles. The molecule has 80 valence electrons. The number of aryl methyl sites for hydroxylation is 1. The van der Waals surface area contributed by atoms with Crippen LogP contribution in [0.2, 0.25) is 0 Å². The van der Waals surface area contributed by atoms with Crippen LogP contribution in [0.3, 0.4) is 0 Å². The minimum atomic E-state index is -0.164. The Morgan fingerprint density at radius 3 is 2.67 bits per heavy atom. The van der Waals surface area contributed by atoms with Crippen LogP contribution in [0.1, 0.15) is 35.7 Å². The monoisotopic (exact) mass is 204 g/mol. The second kappa shape index (κ2) is 5.96. The van der Waals surface area contributed by atoms with Crippen LogP contribution in [0.25, 0.3) is 0 Å². The first-order valence-electron chi connectivity index (χ1n) is 5.12. The van der Waals surface area contributed by atoms with Crippen LogP contribution in [0, 0.1) is 6.92 Å². The molecule has 0 fully saturated rings. The molecule has 0 aliphatic rings. The maximum Gasteiger partial charge on any atom is 0.271 e. The largest absolute Gasteiger partial charge is 0.271 e. The van der Waals surface area contributed by atoms with Crippen molar-refractivity contribution in [2.75, 3.05) is 0 Å². The van der Waals surface area contributed by atoms with E-state index in [0.717, 1.165) is 18.4 Å². The Labute approximate surface area is 90.2 Å². The van der Waals surface area contributed by atoms with E-state index in [1.807, 2.05) is 19.1 Å². The SMILES string of the molecule is CCC/C=N\NC(=O)c1ccc(C)cc1. The number of hydrogen-bond donors (Lipinski definition) is 1. The zero-order valence-corrected chi connectivity index (χ0v) is 9.16. The summed E-state index contributed by atoms with van der Waals surface area (Å²) in [6.07, 6.45) is 3.63. The minimum absolute atomic E-state index is 0.164. The second-order valence-corrected chi connectivity index (χ2v) is 3.41. The van der Waals surface area contributed by atoms with Crippen LogP contribution in [-0.2, 0) is 0 Å². The van der Waals surface area contributed by atoms with Gasteiger partial charge in [0.25, 0.3) is 5.91 Å². The molecule has 0 heterocycles. The maximum atomic E-state index is 11.5. The lowest BCUT2D eigenvalue weighted by Gasteiger charge is -1.99. The summed E-state index contributed by atoms with van der Waals surface area (Å²) in [5.41, 5.74) is 4.26. The van der Waals surface area contributed by atoms with E-state index in [-0.39, 0.29) is 5.91 Å². The van der Waals surface area contributed by atoms with Crippen molar-refractivity contribution in [3.8, 4) is 0 Å². The van der Waals surface area contributed by atoms with Gasteiger partial charge >= 0.3 is 0 Å². The van der Waals surface area contributed by atoms with Crippen molar-refractivity contribution in [3.05, 3.63) is 35.4 Å². The zero-order chi connectivity index (χ0) is 11.1. The predicted octanol–water partition coefficient (Wildman–Crippen LogP) is 2.51. The summed E-state index contributed by atoms with van der Waals surface area (Å²) in [6.45, 7) is 4.05. The van der Waals surface area contributed by atoms with E-state index in [1.54, 1.807) is 18.3 Å². The Balaban J connectivity index is 2.50. The van der Waals surface area contributed by atoms with Crippen molar-refractivity contribution in [1.29, 1.82) is 0 Å². The Kier molecular flexibility index (Phi) is 4.54. The maximum absolute atomic E-state index is 11.5. The van der Waals surface area contributed by atoms with E-state index in [9.17, 15) is 4.79 Å². The molecule has 15 heavy (non-hydrogen) atoms. The van der Waals surface area contributed by atoms with Crippen molar-refractivity contribution in [2.24, 2.45) is 5.10 Å². The summed E-state index contributed by atoms with van der Waals surface area (Å²) >= 11 is 0. The lowest BCUT2D eigenvalue weighted by atomic mass is 10.1. The van der Waals surface area contributed by atoms with Crippen LogP contribution >= 0.6 is 0 Å². The molecule has 1 N–H and O–H groups in total. The van der Waals surface area contributed by atoms with E-state index in [2.05, 4.69) is 17.5 Å². The van der Waals surface area contributed by atoms with Crippen LogP contribution in [0.5, 0.6) is 0 Å². The van der Waals surface area contributed by atoms with Crippen LogP contribution in [0.4, 0.5) is 0 Å². The first kappa shape index (κ1) is 11.4. The molecule has 3 nitrogen and oxygen atoms in total. The van der Waals surface area contributed by atoms with Gasteiger partial charge in [0.05, 0.1) is 0 Å². The Bertz CT molecular complexity index is 341. The Morgan fingerprint density at radius 2 is 2.07 bits per heavy atom. The minimum Gasteiger partial charge on any atom is -0.267 e. The number of hydrogen-bond acceptors (Lipinski definition) is 2. The predicted molar refractivity (Wildman–Crippen MR) is 62.0 cm³/mol. The number of benzene rings is 1. The van der Waals surface area contributed by atoms with Gasteiger partial charge in [-0.3, -0.25) is 4.79 Å². The van der Waals surface area contributed by atoms with Gasteiger partial charge in [0.1, 0.15) is 0 Å². The molecule has 0 unspecified atom stereocenters. The van der Waals surface area contributed by atoms with Gasteiger partial charge in [0, 0.05) is 11.8 Å². The van der Waals surface area contributed by atoms with Crippen LogP contribution in [-0.4, -0.2) is 12.1 Å². The highest BCUT2D eigenvalue weighted by Gasteiger charge is 2.01. The summed E-state index contributed by atoms with van der Waals surface area (Å²) < 4.78 is 0. The van der Waals surface area contributed by atoms with E-state index in [1.165, 1.54) is 0 Å². The molecular formula is C12H16N2O. The fourth-order valence-corrected chi connectivity index (χ4v) is 1.07. The molecule has 1 aromatic rings. The van der Waals surface area contributed by atoms with E-state index >= 15 is 0 Å². The van der Waals surface area contributed by atoms with E-state index in [0.29, 0.717) is 5.56 Å². The number of unbranched alkanes of at least 4 members (excludes halogenated alkanes) is 1. The molecule has 0 bridgehead atoms. The fourth-order valence-electron chi connectivity index (χ4n) is 1.07. The molecule has 0 saturated heterocycles. The Hall–Kier alpha value is -1.64. The van der Waals surface area contributed by atoms with Gasteiger partial charge in [-0.1, -0.05) is 31.0 Å². The van der Waals surface area contributed by atoms with E-state index < -0.39 is 0 Å². The third kappa shape index (κ3) is 3.94. The number of nitrogens with one attached hydrogen (secondary N) is 1. The first-order chi connectivity index (χ1) is 7.24. The van der Waals surface area contributed by atoms with Gasteiger partial charge in [-0.2, -0.15) is 5.10 Å². The quantitative estimate of drug-likeness (QED) is 0.594. The van der Waals surface area contributed by atoms with Crippen molar-refractivity contribution in [2.45, 2.75) is 26.7 Å². The number of hydrazone groups is 1. The van der Waals surface area contributed by atoms with Gasteiger partial charge in [-0.25, -0.2) is 5.43 Å². The van der Waals surface area contributed by atoms with Crippen molar-refractivity contribution in [1.82, 2.24) is 5.43 Å².